The summed E-state index contributed by atoms with van der Waals surface area (Å²) in [7, 11) is 1.97. The van der Waals surface area contributed by atoms with E-state index < -0.39 is 0 Å². The van der Waals surface area contributed by atoms with Gasteiger partial charge in [-0.1, -0.05) is 23.7 Å². The lowest BCUT2D eigenvalue weighted by molar-refractivity contribution is 0.925. The molecule has 0 saturated carbocycles. The van der Waals surface area contributed by atoms with Crippen molar-refractivity contribution in [3.05, 3.63) is 46.9 Å². The van der Waals surface area contributed by atoms with E-state index >= 15 is 0 Å². The van der Waals surface area contributed by atoms with Gasteiger partial charge in [-0.05, 0) is 13.0 Å². The lowest BCUT2D eigenvalue weighted by Gasteiger charge is -2.05. The Kier molecular flexibility index (Phi) is 5.38. The van der Waals surface area contributed by atoms with Crippen LogP contribution in [-0.4, -0.2) is 35.7 Å². The molecule has 4 nitrogen and oxygen atoms in total. The molecule has 6 heteroatoms. The molecule has 0 aromatic carbocycles. The van der Waals surface area contributed by atoms with Gasteiger partial charge < -0.3 is 10.3 Å². The minimum absolute atomic E-state index is 0.431. The van der Waals surface area contributed by atoms with Gasteiger partial charge in [0.2, 0.25) is 0 Å². The SMILES string of the molecule is C/C=C\C([B]n1ncc2c1CC=NC(CN)=C2)=C/CCl. The standard InChI is InChI=1S/C14H17BClN4/c1-2-3-12(4-6-16)15-20-14-5-7-18-13(9-17)8-11(14)10-19-20/h2-4,7-8,10H,5-6,9,17H2,1H3/b3-2-,12-4+. The molecule has 0 saturated heterocycles. The minimum Gasteiger partial charge on any atom is -0.325 e. The first kappa shape index (κ1) is 14.8. The van der Waals surface area contributed by atoms with Crippen molar-refractivity contribution in [1.29, 1.82) is 0 Å². The zero-order valence-corrected chi connectivity index (χ0v) is 12.2. The normalized spacial score (nSPS) is 15.2. The van der Waals surface area contributed by atoms with Crippen LogP contribution in [0.5, 0.6) is 0 Å². The summed E-state index contributed by atoms with van der Waals surface area (Å²) >= 11 is 5.78. The molecule has 103 valence electrons. The molecule has 0 fully saturated rings. The van der Waals surface area contributed by atoms with Crippen LogP contribution < -0.4 is 5.73 Å². The zero-order chi connectivity index (χ0) is 14.4. The quantitative estimate of drug-likeness (QED) is 0.511. The molecule has 0 unspecified atom stereocenters. The fourth-order valence-corrected chi connectivity index (χ4v) is 2.19. The smallest absolute Gasteiger partial charge is 0.316 e. The highest BCUT2D eigenvalue weighted by Crippen LogP contribution is 2.16. The van der Waals surface area contributed by atoms with Crippen molar-refractivity contribution in [2.75, 3.05) is 12.4 Å². The zero-order valence-electron chi connectivity index (χ0n) is 11.5. The van der Waals surface area contributed by atoms with E-state index in [2.05, 4.69) is 10.1 Å². The van der Waals surface area contributed by atoms with Crippen molar-refractivity contribution in [3.8, 4) is 0 Å². The lowest BCUT2D eigenvalue weighted by atomic mass is 9.81. The summed E-state index contributed by atoms with van der Waals surface area (Å²) < 4.78 is 1.87. The second kappa shape index (κ2) is 7.26. The Morgan fingerprint density at radius 2 is 2.45 bits per heavy atom. The predicted molar refractivity (Wildman–Crippen MR) is 86.2 cm³/mol. The Hall–Kier alpha value is -1.59. The average molecular weight is 288 g/mol. The summed E-state index contributed by atoms with van der Waals surface area (Å²) in [4.78, 5) is 4.33. The van der Waals surface area contributed by atoms with Crippen LogP contribution in [0.3, 0.4) is 0 Å². The highest BCUT2D eigenvalue weighted by molar-refractivity contribution is 6.45. The number of aliphatic imine (C=N–C) groups is 1. The Morgan fingerprint density at radius 1 is 1.60 bits per heavy atom. The number of alkyl halides is 1. The first-order chi connectivity index (χ1) is 9.78. The van der Waals surface area contributed by atoms with Gasteiger partial charge in [-0.3, -0.25) is 4.99 Å². The van der Waals surface area contributed by atoms with Crippen molar-refractivity contribution < 1.29 is 0 Å². The molecular weight excluding hydrogens is 270 g/mol. The van der Waals surface area contributed by atoms with Gasteiger partial charge in [0.1, 0.15) is 0 Å². The summed E-state index contributed by atoms with van der Waals surface area (Å²) in [6.45, 7) is 2.41. The van der Waals surface area contributed by atoms with E-state index in [1.165, 1.54) is 0 Å². The molecule has 1 radical (unpaired) electrons. The van der Waals surface area contributed by atoms with Gasteiger partial charge in [0, 0.05) is 36.3 Å². The Bertz CT molecular complexity index is 584. The van der Waals surface area contributed by atoms with Crippen LogP contribution >= 0.6 is 11.6 Å². The second-order valence-electron chi connectivity index (χ2n) is 4.33. The molecule has 0 amide bonds. The minimum atomic E-state index is 0.431. The summed E-state index contributed by atoms with van der Waals surface area (Å²) in [5, 5.41) is 4.41. The second-order valence-corrected chi connectivity index (χ2v) is 4.64. The Morgan fingerprint density at radius 3 is 3.15 bits per heavy atom. The molecule has 0 bridgehead atoms. The number of nitrogens with two attached hydrogens (primary N) is 1. The van der Waals surface area contributed by atoms with Crippen LogP contribution in [0.4, 0.5) is 0 Å². The molecule has 1 aromatic rings. The van der Waals surface area contributed by atoms with Crippen molar-refractivity contribution in [2.24, 2.45) is 10.7 Å². The number of halogens is 1. The lowest BCUT2D eigenvalue weighted by Crippen LogP contribution is -2.14. The highest BCUT2D eigenvalue weighted by Gasteiger charge is 2.13. The molecule has 1 aromatic heterocycles. The number of aromatic nitrogens is 2. The highest BCUT2D eigenvalue weighted by atomic mass is 35.5. The van der Waals surface area contributed by atoms with E-state index in [9.17, 15) is 0 Å². The van der Waals surface area contributed by atoms with Gasteiger partial charge in [0.25, 0.3) is 0 Å². The van der Waals surface area contributed by atoms with Gasteiger partial charge >= 0.3 is 7.41 Å². The van der Waals surface area contributed by atoms with Crippen LogP contribution in [0.15, 0.2) is 40.6 Å². The molecule has 1 aliphatic heterocycles. The number of nitrogens with zero attached hydrogens (tertiary/aromatic N) is 3. The maximum absolute atomic E-state index is 5.78. The molecule has 2 rings (SSSR count). The van der Waals surface area contributed by atoms with Crippen molar-refractivity contribution in [2.45, 2.75) is 13.3 Å². The molecular formula is C14H17BClN4. The molecule has 0 spiro atoms. The summed E-state index contributed by atoms with van der Waals surface area (Å²) in [6, 6.07) is 0. The van der Waals surface area contributed by atoms with Gasteiger partial charge in [-0.15, -0.1) is 11.6 Å². The molecule has 0 atom stereocenters. The number of hydrogen-bond donors (Lipinski definition) is 1. The Balaban J connectivity index is 2.28. The predicted octanol–water partition coefficient (Wildman–Crippen LogP) is 1.98. The maximum Gasteiger partial charge on any atom is 0.316 e. The van der Waals surface area contributed by atoms with E-state index in [1.807, 2.05) is 55.6 Å². The molecule has 2 N–H and O–H groups in total. The van der Waals surface area contributed by atoms with Crippen molar-refractivity contribution >= 4 is 31.3 Å². The van der Waals surface area contributed by atoms with Crippen molar-refractivity contribution in [1.82, 2.24) is 9.69 Å². The van der Waals surface area contributed by atoms with Crippen LogP contribution in [0.1, 0.15) is 18.2 Å². The largest absolute Gasteiger partial charge is 0.325 e. The topological polar surface area (TPSA) is 56.2 Å². The average Bonchev–Trinajstić information content (AvgIpc) is 2.70. The summed E-state index contributed by atoms with van der Waals surface area (Å²) in [6.07, 6.45) is 12.3. The fourth-order valence-electron chi connectivity index (χ4n) is 2.01. The number of hydrogen-bond acceptors (Lipinski definition) is 3. The third-order valence-electron chi connectivity index (χ3n) is 2.95. The van der Waals surface area contributed by atoms with Gasteiger partial charge in [-0.25, -0.2) is 0 Å². The van der Waals surface area contributed by atoms with E-state index in [0.717, 1.165) is 28.8 Å². The third kappa shape index (κ3) is 3.49. The monoisotopic (exact) mass is 287 g/mol. The Labute approximate surface area is 125 Å². The van der Waals surface area contributed by atoms with Gasteiger partial charge in [0.15, 0.2) is 0 Å². The number of fused-ring (bicyclic) bond motifs is 1. The summed E-state index contributed by atoms with van der Waals surface area (Å²) in [5.41, 5.74) is 9.70. The van der Waals surface area contributed by atoms with Gasteiger partial charge in [-0.2, -0.15) is 5.10 Å². The number of rotatable bonds is 5. The van der Waals surface area contributed by atoms with Crippen LogP contribution in [0, 0.1) is 0 Å². The van der Waals surface area contributed by atoms with Crippen LogP contribution in [0.25, 0.3) is 6.08 Å². The van der Waals surface area contributed by atoms with E-state index in [1.54, 1.807) is 0 Å². The number of allylic oxidation sites excluding steroid dienone is 4. The van der Waals surface area contributed by atoms with E-state index in [4.69, 9.17) is 17.3 Å². The van der Waals surface area contributed by atoms with E-state index in [0.29, 0.717) is 12.4 Å². The van der Waals surface area contributed by atoms with Crippen LogP contribution in [0.2, 0.25) is 0 Å². The maximum atomic E-state index is 5.78. The summed E-state index contributed by atoms with van der Waals surface area (Å²) in [5.74, 6) is 0.471. The molecule has 2 heterocycles. The fraction of sp³-hybridized carbons (Fsp3) is 0.286. The van der Waals surface area contributed by atoms with Crippen LogP contribution in [-0.2, 0) is 6.42 Å². The third-order valence-corrected chi connectivity index (χ3v) is 3.10. The molecule has 1 aliphatic rings. The molecule has 20 heavy (non-hydrogen) atoms. The first-order valence-electron chi connectivity index (χ1n) is 6.51. The van der Waals surface area contributed by atoms with E-state index in [-0.39, 0.29) is 0 Å². The van der Waals surface area contributed by atoms with Crippen molar-refractivity contribution in [3.63, 3.8) is 0 Å². The molecule has 0 aliphatic carbocycles. The van der Waals surface area contributed by atoms with Gasteiger partial charge in [0.05, 0.1) is 11.9 Å². The first-order valence-corrected chi connectivity index (χ1v) is 7.05.